The largest absolute Gasteiger partial charge is 0.543 e. The van der Waals surface area contributed by atoms with Crippen LogP contribution in [0, 0.1) is 11.3 Å². The predicted octanol–water partition coefficient (Wildman–Crippen LogP) is 5.48. The molecule has 0 aromatic carbocycles. The molecule has 2 atom stereocenters. The molecule has 0 bridgehead atoms. The molecule has 0 N–H and O–H groups in total. The van der Waals surface area contributed by atoms with E-state index in [-0.39, 0.29) is 5.92 Å². The monoisotopic (exact) mass is 376 g/mol. The quantitative estimate of drug-likeness (QED) is 0.193. The summed E-state index contributed by atoms with van der Waals surface area (Å²) in [5.74, 6) is -0.563. The van der Waals surface area contributed by atoms with Gasteiger partial charge in [-0.1, -0.05) is 53.9 Å². The van der Waals surface area contributed by atoms with Crippen LogP contribution in [0.4, 0.5) is 4.79 Å². The van der Waals surface area contributed by atoms with Crippen LogP contribution in [0.1, 0.15) is 87.5 Å². The van der Waals surface area contributed by atoms with Crippen molar-refractivity contribution in [1.82, 2.24) is 0 Å². The second-order valence-electron chi connectivity index (χ2n) is 8.28. The standard InChI is InChI=1S/C19H36O7/c1-9-12-13-14(10-2)15(18(6,7)19(8)24-25-19)22-26-23-16(20)21-17(4,5)11-3/h14-15H,9-13H2,1-8H3. The van der Waals surface area contributed by atoms with Crippen molar-refractivity contribution in [1.29, 1.82) is 0 Å². The van der Waals surface area contributed by atoms with Gasteiger partial charge in [0.05, 0.1) is 5.41 Å². The van der Waals surface area contributed by atoms with Gasteiger partial charge in [0.15, 0.2) is 0 Å². The van der Waals surface area contributed by atoms with E-state index in [2.05, 4.69) is 18.7 Å². The Balaban J connectivity index is 2.72. The van der Waals surface area contributed by atoms with Gasteiger partial charge in [0.2, 0.25) is 5.79 Å². The Kier molecular flexibility index (Phi) is 8.33. The third-order valence-electron chi connectivity index (χ3n) is 5.55. The maximum atomic E-state index is 11.8. The van der Waals surface area contributed by atoms with Gasteiger partial charge < -0.3 is 4.74 Å². The number of hydrogen-bond donors (Lipinski definition) is 0. The number of carbonyl (C=O) groups excluding carboxylic acids is 1. The molecule has 0 radical (unpaired) electrons. The van der Waals surface area contributed by atoms with Crippen LogP contribution < -0.4 is 0 Å². The average Bonchev–Trinajstić information content (AvgIpc) is 3.32. The van der Waals surface area contributed by atoms with Gasteiger partial charge in [-0.3, -0.25) is 0 Å². The Bertz CT molecular complexity index is 443. The minimum atomic E-state index is -0.930. The van der Waals surface area contributed by atoms with Crippen molar-refractivity contribution in [3.63, 3.8) is 0 Å². The molecule has 1 aliphatic heterocycles. The van der Waals surface area contributed by atoms with E-state index < -0.39 is 29.1 Å². The minimum absolute atomic E-state index is 0.196. The van der Waals surface area contributed by atoms with Gasteiger partial charge in [-0.25, -0.2) is 9.68 Å². The topological polar surface area (TPSA) is 79.1 Å². The number of rotatable bonds is 12. The molecule has 1 rings (SSSR count). The minimum Gasteiger partial charge on any atom is -0.426 e. The molecule has 0 spiro atoms. The van der Waals surface area contributed by atoms with Gasteiger partial charge >= 0.3 is 6.16 Å². The molecule has 2 unspecified atom stereocenters. The summed E-state index contributed by atoms with van der Waals surface area (Å²) in [5, 5.41) is 4.83. The van der Waals surface area contributed by atoms with Crippen molar-refractivity contribution in [2.75, 3.05) is 0 Å². The number of carbonyl (C=O) groups is 1. The van der Waals surface area contributed by atoms with Crippen molar-refractivity contribution in [3.8, 4) is 0 Å². The van der Waals surface area contributed by atoms with Crippen LogP contribution in [0.15, 0.2) is 0 Å². The van der Waals surface area contributed by atoms with E-state index in [1.807, 2.05) is 27.7 Å². The molecule has 0 aromatic heterocycles. The van der Waals surface area contributed by atoms with E-state index >= 15 is 0 Å². The van der Waals surface area contributed by atoms with Gasteiger partial charge in [-0.05, 0) is 44.6 Å². The summed E-state index contributed by atoms with van der Waals surface area (Å²) in [5.41, 5.74) is -1.15. The first-order chi connectivity index (χ1) is 12.0. The maximum absolute atomic E-state index is 11.8. The first-order valence-electron chi connectivity index (χ1n) is 9.62. The van der Waals surface area contributed by atoms with Crippen LogP contribution >= 0.6 is 0 Å². The molecule has 1 aliphatic rings. The molecular formula is C19H36O7. The van der Waals surface area contributed by atoms with Gasteiger partial charge in [0.25, 0.3) is 0 Å². The summed E-state index contributed by atoms with van der Waals surface area (Å²) in [7, 11) is 0. The molecule has 1 heterocycles. The molecule has 7 nitrogen and oxygen atoms in total. The molecule has 154 valence electrons. The Labute approximate surface area is 157 Å². The van der Waals surface area contributed by atoms with Crippen molar-refractivity contribution in [3.05, 3.63) is 0 Å². The molecule has 0 aromatic rings. The fraction of sp³-hybridized carbons (Fsp3) is 0.947. The Morgan fingerprint density at radius 3 is 2.19 bits per heavy atom. The van der Waals surface area contributed by atoms with Crippen molar-refractivity contribution >= 4 is 6.16 Å². The summed E-state index contributed by atoms with van der Waals surface area (Å²) >= 11 is 0. The first kappa shape index (κ1) is 23.1. The van der Waals surface area contributed by atoms with E-state index in [9.17, 15) is 4.79 Å². The highest BCUT2D eigenvalue weighted by molar-refractivity contribution is 5.59. The lowest BCUT2D eigenvalue weighted by Gasteiger charge is -2.37. The second kappa shape index (κ2) is 9.35. The summed E-state index contributed by atoms with van der Waals surface area (Å²) in [6, 6.07) is 0. The lowest BCUT2D eigenvalue weighted by atomic mass is 9.72. The third-order valence-corrected chi connectivity index (χ3v) is 5.55. The van der Waals surface area contributed by atoms with Crippen LogP contribution in [-0.2, 0) is 29.3 Å². The van der Waals surface area contributed by atoms with E-state index in [4.69, 9.17) is 24.4 Å². The van der Waals surface area contributed by atoms with E-state index in [1.54, 1.807) is 13.8 Å². The fourth-order valence-corrected chi connectivity index (χ4v) is 2.76. The maximum Gasteiger partial charge on any atom is 0.543 e. The van der Waals surface area contributed by atoms with Gasteiger partial charge in [0, 0.05) is 0 Å². The summed E-state index contributed by atoms with van der Waals surface area (Å²) in [6.45, 7) is 15.6. The molecule has 26 heavy (non-hydrogen) atoms. The fourth-order valence-electron chi connectivity index (χ4n) is 2.76. The smallest absolute Gasteiger partial charge is 0.426 e. The van der Waals surface area contributed by atoms with Crippen molar-refractivity contribution in [2.24, 2.45) is 11.3 Å². The van der Waals surface area contributed by atoms with Crippen LogP contribution in [0.25, 0.3) is 0 Å². The molecule has 0 aliphatic carbocycles. The molecule has 1 fully saturated rings. The van der Waals surface area contributed by atoms with Crippen LogP contribution in [-0.4, -0.2) is 23.6 Å². The number of hydrogen-bond acceptors (Lipinski definition) is 7. The van der Waals surface area contributed by atoms with E-state index in [1.165, 1.54) is 0 Å². The Hall–Kier alpha value is -0.890. The van der Waals surface area contributed by atoms with Crippen LogP contribution in [0.5, 0.6) is 0 Å². The lowest BCUT2D eigenvalue weighted by molar-refractivity contribution is -0.516. The third kappa shape index (κ3) is 6.08. The molecule has 0 amide bonds. The zero-order valence-electron chi connectivity index (χ0n) is 17.5. The summed E-state index contributed by atoms with van der Waals surface area (Å²) < 4.78 is 5.17. The second-order valence-corrected chi connectivity index (χ2v) is 8.28. The molecule has 7 heteroatoms. The molecule has 1 saturated heterocycles. The Morgan fingerprint density at radius 2 is 1.73 bits per heavy atom. The van der Waals surface area contributed by atoms with Gasteiger partial charge in [0.1, 0.15) is 11.7 Å². The normalized spacial score (nSPS) is 18.9. The summed E-state index contributed by atoms with van der Waals surface area (Å²) in [6.07, 6.45) is 3.35. The van der Waals surface area contributed by atoms with E-state index in [0.717, 1.165) is 25.7 Å². The zero-order chi connectivity index (χ0) is 20.0. The highest BCUT2D eigenvalue weighted by Crippen LogP contribution is 2.51. The number of ether oxygens (including phenoxy) is 1. The SMILES string of the molecule is CCCCC(CC)C(OOOC(=O)OC(C)(C)CC)C(C)(C)C1(C)OO1. The number of unbranched alkanes of at least 4 members (excludes halogenated alkanes) is 1. The van der Waals surface area contributed by atoms with Crippen molar-refractivity contribution in [2.45, 2.75) is 105 Å². The molecular weight excluding hydrogens is 340 g/mol. The first-order valence-corrected chi connectivity index (χ1v) is 9.62. The molecule has 0 saturated carbocycles. The Morgan fingerprint density at radius 1 is 1.12 bits per heavy atom. The predicted molar refractivity (Wildman–Crippen MR) is 95.6 cm³/mol. The average molecular weight is 376 g/mol. The van der Waals surface area contributed by atoms with Crippen LogP contribution in [0.3, 0.4) is 0 Å². The van der Waals surface area contributed by atoms with Crippen molar-refractivity contribution < 1.29 is 34.1 Å². The van der Waals surface area contributed by atoms with Gasteiger partial charge in [-0.2, -0.15) is 14.7 Å². The van der Waals surface area contributed by atoms with E-state index in [0.29, 0.717) is 6.42 Å². The highest BCUT2D eigenvalue weighted by Gasteiger charge is 2.62. The summed E-state index contributed by atoms with van der Waals surface area (Å²) in [4.78, 5) is 32.4. The zero-order valence-corrected chi connectivity index (χ0v) is 17.5. The van der Waals surface area contributed by atoms with Gasteiger partial charge in [-0.15, -0.1) is 0 Å². The lowest BCUT2D eigenvalue weighted by Crippen LogP contribution is -2.47. The highest BCUT2D eigenvalue weighted by atomic mass is 17.5. The van der Waals surface area contributed by atoms with Crippen LogP contribution in [0.2, 0.25) is 0 Å².